The molecule has 5 rings (SSSR count). The predicted molar refractivity (Wildman–Crippen MR) is 161 cm³/mol. The minimum atomic E-state index is -5.14. The van der Waals surface area contributed by atoms with Crippen LogP contribution in [0.5, 0.6) is 23.0 Å². The van der Waals surface area contributed by atoms with Crippen molar-refractivity contribution in [2.45, 2.75) is 35.4 Å². The Labute approximate surface area is 268 Å². The normalized spacial score (nSPS) is 21.4. The molecule has 12 nitrogen and oxygen atoms in total. The summed E-state index contributed by atoms with van der Waals surface area (Å²) in [5, 5.41) is 10.9. The molecule has 2 aliphatic heterocycles. The summed E-state index contributed by atoms with van der Waals surface area (Å²) in [6.45, 7) is -0.336. The van der Waals surface area contributed by atoms with Gasteiger partial charge in [-0.15, -0.1) is 13.2 Å². The van der Waals surface area contributed by atoms with E-state index in [9.17, 15) is 31.5 Å². The summed E-state index contributed by atoms with van der Waals surface area (Å²) in [7, 11) is 1.91. The van der Waals surface area contributed by atoms with Gasteiger partial charge in [-0.05, 0) is 42.8 Å². The average molecular weight is 680 g/mol. The Morgan fingerprint density at radius 2 is 1.60 bits per heavy atom. The van der Waals surface area contributed by atoms with Gasteiger partial charge in [-0.1, -0.05) is 18.2 Å². The summed E-state index contributed by atoms with van der Waals surface area (Å²) in [4.78, 5) is 30.9. The number of carbonyl (C=O) groups excluding carboxylic acids is 2. The van der Waals surface area contributed by atoms with Crippen molar-refractivity contribution in [3.8, 4) is 23.0 Å². The number of likely N-dealkylation sites (tertiary alicyclic amines) is 1. The van der Waals surface area contributed by atoms with Crippen LogP contribution in [-0.2, 0) is 25.2 Å². The number of nitrogens with zero attached hydrogens (tertiary/aromatic N) is 3. The number of amides is 2. The molecule has 0 spiro atoms. The number of fused-ring (bicyclic) bond motifs is 1. The highest BCUT2D eigenvalue weighted by atomic mass is 32.2. The first-order valence-electron chi connectivity index (χ1n) is 14.1. The minimum absolute atomic E-state index is 0.0166. The van der Waals surface area contributed by atoms with Crippen LogP contribution in [0.25, 0.3) is 0 Å². The van der Waals surface area contributed by atoms with E-state index < -0.39 is 56.5 Å². The minimum Gasteiger partial charge on any atom is -0.497 e. The first-order chi connectivity index (χ1) is 22.1. The number of anilines is 1. The Kier molecular flexibility index (Phi) is 8.81. The lowest BCUT2D eigenvalue weighted by atomic mass is 9.80. The van der Waals surface area contributed by atoms with Crippen molar-refractivity contribution in [1.82, 2.24) is 9.80 Å². The van der Waals surface area contributed by atoms with Crippen molar-refractivity contribution < 1.29 is 55.2 Å². The summed E-state index contributed by atoms with van der Waals surface area (Å²) in [6.07, 6.45) is -6.47. The number of aliphatic hydroxyl groups is 1. The first kappa shape index (κ1) is 33.8. The van der Waals surface area contributed by atoms with E-state index in [1.807, 2.05) is 0 Å². The number of para-hydroxylation sites is 1. The number of sulfonamides is 1. The lowest BCUT2D eigenvalue weighted by Crippen LogP contribution is -2.59. The van der Waals surface area contributed by atoms with Crippen LogP contribution < -0.4 is 23.3 Å². The molecule has 47 heavy (non-hydrogen) atoms. The molecule has 3 atom stereocenters. The molecule has 2 amide bonds. The van der Waals surface area contributed by atoms with Crippen LogP contribution in [0.15, 0.2) is 65.6 Å². The summed E-state index contributed by atoms with van der Waals surface area (Å²) in [6, 6.07) is 11.5. The molecule has 1 N–H and O–H groups in total. The summed E-state index contributed by atoms with van der Waals surface area (Å²) >= 11 is 0. The molecule has 3 aromatic carbocycles. The molecule has 3 aromatic rings. The van der Waals surface area contributed by atoms with E-state index >= 15 is 4.79 Å². The molecular weight excluding hydrogens is 647 g/mol. The van der Waals surface area contributed by atoms with Gasteiger partial charge < -0.3 is 29.0 Å². The van der Waals surface area contributed by atoms with Crippen molar-refractivity contribution in [2.24, 2.45) is 0 Å². The predicted octanol–water partition coefficient (Wildman–Crippen LogP) is 3.11. The molecular formula is C31H32F3N3O9S. The lowest BCUT2D eigenvalue weighted by molar-refractivity contribution is -0.274. The summed E-state index contributed by atoms with van der Waals surface area (Å²) < 4.78 is 90.5. The summed E-state index contributed by atoms with van der Waals surface area (Å²) in [5.74, 6) is -2.31. The Bertz CT molecular complexity index is 1820. The number of alkyl halides is 3. The highest BCUT2D eigenvalue weighted by Crippen LogP contribution is 2.55. The zero-order valence-corrected chi connectivity index (χ0v) is 26.8. The number of rotatable bonds is 9. The zero-order valence-electron chi connectivity index (χ0n) is 25.9. The van der Waals surface area contributed by atoms with E-state index in [4.69, 9.17) is 14.2 Å². The Hall–Kier alpha value is -4.54. The van der Waals surface area contributed by atoms with E-state index in [2.05, 4.69) is 4.74 Å². The number of aliphatic hydroxyl groups excluding tert-OH is 1. The first-order valence-corrected chi connectivity index (χ1v) is 15.6. The van der Waals surface area contributed by atoms with Crippen molar-refractivity contribution in [1.29, 1.82) is 0 Å². The van der Waals surface area contributed by atoms with Crippen molar-refractivity contribution in [3.63, 3.8) is 0 Å². The fraction of sp³-hybridized carbons (Fsp3) is 0.355. The van der Waals surface area contributed by atoms with Crippen LogP contribution in [0.2, 0.25) is 0 Å². The molecule has 16 heteroatoms. The largest absolute Gasteiger partial charge is 0.573 e. The molecule has 1 fully saturated rings. The van der Waals surface area contributed by atoms with Gasteiger partial charge in [0.2, 0.25) is 5.91 Å². The third kappa shape index (κ3) is 5.59. The van der Waals surface area contributed by atoms with Crippen LogP contribution in [0.4, 0.5) is 18.9 Å². The average Bonchev–Trinajstić information content (AvgIpc) is 3.53. The molecule has 2 aliphatic rings. The molecule has 0 aliphatic carbocycles. The zero-order chi connectivity index (χ0) is 34.5. The lowest BCUT2D eigenvalue weighted by Gasteiger charge is -2.42. The van der Waals surface area contributed by atoms with E-state index in [1.165, 1.54) is 81.6 Å². The van der Waals surface area contributed by atoms with E-state index in [0.717, 1.165) is 18.2 Å². The van der Waals surface area contributed by atoms with Gasteiger partial charge in [0, 0.05) is 37.8 Å². The van der Waals surface area contributed by atoms with Crippen molar-refractivity contribution >= 4 is 27.5 Å². The molecule has 252 valence electrons. The maximum atomic E-state index is 15.2. The van der Waals surface area contributed by atoms with Crippen LogP contribution in [0.1, 0.15) is 17.5 Å². The fourth-order valence-corrected chi connectivity index (χ4v) is 7.83. The SMILES string of the molecule is COc1ccc(S(=O)(=O)N2C(=O)C(c3ccccc3OC)(N3C[C@H](O)C[C@H]3C(=O)N(C)C)c3cc(OC(F)(F)F)ccc32)c(OC)c1. The van der Waals surface area contributed by atoms with Gasteiger partial charge in [0.25, 0.3) is 15.9 Å². The number of likely N-dealkylation sites (N-methyl/N-ethyl adjacent to an activating group) is 1. The molecule has 1 unspecified atom stereocenters. The van der Waals surface area contributed by atoms with Crippen LogP contribution >= 0.6 is 0 Å². The number of carbonyl (C=O) groups is 2. The topological polar surface area (TPSA) is 135 Å². The second-order valence-corrected chi connectivity index (χ2v) is 12.8. The molecule has 0 radical (unpaired) electrons. The highest BCUT2D eigenvalue weighted by Gasteiger charge is 2.64. The molecule has 1 saturated heterocycles. The number of ether oxygens (including phenoxy) is 4. The Balaban J connectivity index is 1.89. The number of benzene rings is 3. The standard InChI is InChI=1S/C31H32F3N3O9S/c1-35(2)28(39)24-14-18(38)17-36(24)30(21-8-6-7-9-25(21)44-4)22-15-20(46-31(32,33)34)10-12-23(22)37(29(30)40)47(41,42)27-13-11-19(43-3)16-26(27)45-5/h6-13,15-16,18,24,38H,14,17H2,1-5H3/t18-,24+,30?/m1/s1. The smallest absolute Gasteiger partial charge is 0.497 e. The highest BCUT2D eigenvalue weighted by molar-refractivity contribution is 7.93. The number of methoxy groups -OCH3 is 3. The third-order valence-corrected chi connectivity index (χ3v) is 9.86. The number of hydrogen-bond donors (Lipinski definition) is 1. The van der Waals surface area contributed by atoms with E-state index in [0.29, 0.717) is 4.31 Å². The Morgan fingerprint density at radius 1 is 0.936 bits per heavy atom. The Morgan fingerprint density at radius 3 is 2.21 bits per heavy atom. The molecule has 0 aromatic heterocycles. The second-order valence-electron chi connectivity index (χ2n) is 11.0. The van der Waals surface area contributed by atoms with Gasteiger partial charge in [-0.3, -0.25) is 14.5 Å². The van der Waals surface area contributed by atoms with Gasteiger partial charge in [0.05, 0.1) is 39.2 Å². The number of β-amino-alcohol motifs (C(OH)–C–C–N with tert-alkyl or cyclic N) is 1. The van der Waals surface area contributed by atoms with Crippen molar-refractivity contribution in [2.75, 3.05) is 46.3 Å². The fourth-order valence-electron chi connectivity index (χ4n) is 6.23. The van der Waals surface area contributed by atoms with Crippen LogP contribution in [0.3, 0.4) is 0 Å². The maximum Gasteiger partial charge on any atom is 0.573 e. The van der Waals surface area contributed by atoms with Crippen LogP contribution in [-0.4, -0.2) is 95.6 Å². The summed E-state index contributed by atoms with van der Waals surface area (Å²) in [5.41, 5.74) is -2.88. The van der Waals surface area contributed by atoms with Gasteiger partial charge in [0.1, 0.15) is 27.9 Å². The van der Waals surface area contributed by atoms with Crippen LogP contribution in [0, 0.1) is 0 Å². The second kappa shape index (κ2) is 12.2. The molecule has 0 saturated carbocycles. The number of halogens is 3. The van der Waals surface area contributed by atoms with Gasteiger partial charge in [0.15, 0.2) is 5.54 Å². The van der Waals surface area contributed by atoms with Crippen molar-refractivity contribution in [3.05, 3.63) is 71.8 Å². The van der Waals surface area contributed by atoms with E-state index in [-0.39, 0.29) is 47.0 Å². The maximum absolute atomic E-state index is 15.2. The monoisotopic (exact) mass is 679 g/mol. The van der Waals surface area contributed by atoms with Gasteiger partial charge in [-0.25, -0.2) is 12.7 Å². The molecule has 2 heterocycles. The van der Waals surface area contributed by atoms with Gasteiger partial charge >= 0.3 is 6.36 Å². The quantitative estimate of drug-likeness (QED) is 0.360. The van der Waals surface area contributed by atoms with E-state index in [1.54, 1.807) is 6.07 Å². The van der Waals surface area contributed by atoms with Gasteiger partial charge in [-0.2, -0.15) is 0 Å². The number of hydrogen-bond acceptors (Lipinski definition) is 10. The third-order valence-electron chi connectivity index (χ3n) is 8.13. The molecule has 0 bridgehead atoms.